The molecule has 33 heavy (non-hydrogen) atoms. The fourth-order valence-electron chi connectivity index (χ4n) is 4.38. The van der Waals surface area contributed by atoms with Crippen molar-refractivity contribution in [2.24, 2.45) is 10.4 Å². The number of hydroxylamine groups is 1. The van der Waals surface area contributed by atoms with Crippen LogP contribution in [0.3, 0.4) is 0 Å². The first kappa shape index (κ1) is 23.9. The van der Waals surface area contributed by atoms with E-state index in [0.717, 1.165) is 21.7 Å². The van der Waals surface area contributed by atoms with E-state index in [1.165, 1.54) is 0 Å². The Hall–Kier alpha value is -2.27. The second kappa shape index (κ2) is 8.83. The lowest BCUT2D eigenvalue weighted by molar-refractivity contribution is -0.135. The molecule has 0 bridgehead atoms. The van der Waals surface area contributed by atoms with Crippen LogP contribution in [0.1, 0.15) is 45.4 Å². The van der Waals surface area contributed by atoms with Crippen LogP contribution in [0.15, 0.2) is 34.8 Å². The summed E-state index contributed by atoms with van der Waals surface area (Å²) in [4.78, 5) is 31.1. The van der Waals surface area contributed by atoms with Gasteiger partial charge >= 0.3 is 0 Å². The third-order valence-corrected chi connectivity index (χ3v) is 7.25. The Labute approximate surface area is 199 Å². The molecule has 1 saturated heterocycles. The number of hydrogen-bond acceptors (Lipinski definition) is 8. The molecule has 4 rings (SSSR count). The van der Waals surface area contributed by atoms with E-state index in [1.54, 1.807) is 16.2 Å². The molecule has 1 amide bonds. The number of aromatic nitrogens is 1. The standard InChI is InChI=1S/C23H30BN5O3S/c1-13-18(33-12-25-13)14-6-8-15(9-7-14)23(5)26-20(28-32-23)17-10-16(30)11-29(17)21(31)19(27-24)22(2,3)4/h6-9,12,16-17,19,27,30H,10-11H2,1-5H3,(H,26,28)/t16-,17+,19-,23?/m1/s1. The molecule has 8 nitrogen and oxygen atoms in total. The molecule has 3 N–H and O–H groups in total. The number of nitrogens with zero attached hydrogens (tertiary/aromatic N) is 3. The van der Waals surface area contributed by atoms with Crippen molar-refractivity contribution in [2.75, 3.05) is 6.54 Å². The molecular weight excluding hydrogens is 437 g/mol. The van der Waals surface area contributed by atoms with Crippen LogP contribution in [-0.2, 0) is 15.4 Å². The van der Waals surface area contributed by atoms with E-state index in [2.05, 4.69) is 15.7 Å². The van der Waals surface area contributed by atoms with Crippen LogP contribution in [0.25, 0.3) is 10.4 Å². The number of β-amino-alcohol motifs (C(OH)–C–C–N with tert-alkyl or cyclic N) is 1. The quantitative estimate of drug-likeness (QED) is 0.584. The van der Waals surface area contributed by atoms with E-state index in [4.69, 9.17) is 17.8 Å². The molecule has 10 heteroatoms. The van der Waals surface area contributed by atoms with Crippen molar-refractivity contribution in [3.05, 3.63) is 41.0 Å². The van der Waals surface area contributed by atoms with E-state index in [1.807, 2.05) is 64.4 Å². The number of thiazole rings is 1. The van der Waals surface area contributed by atoms with E-state index < -0.39 is 29.3 Å². The minimum absolute atomic E-state index is 0.172. The van der Waals surface area contributed by atoms with Crippen LogP contribution < -0.4 is 10.7 Å². The van der Waals surface area contributed by atoms with Crippen molar-refractivity contribution in [3.8, 4) is 10.4 Å². The summed E-state index contributed by atoms with van der Waals surface area (Å²) in [6, 6.07) is 7.03. The summed E-state index contributed by atoms with van der Waals surface area (Å²) in [5.74, 6) is 0.350. The second-order valence-electron chi connectivity index (χ2n) is 9.89. The Balaban J connectivity index is 1.58. The van der Waals surface area contributed by atoms with Crippen LogP contribution in [0.4, 0.5) is 0 Å². The number of amides is 1. The van der Waals surface area contributed by atoms with Crippen molar-refractivity contribution in [3.63, 3.8) is 0 Å². The predicted molar refractivity (Wildman–Crippen MR) is 130 cm³/mol. The van der Waals surface area contributed by atoms with Gasteiger partial charge in [0.15, 0.2) is 7.98 Å². The first-order valence-corrected chi connectivity index (χ1v) is 11.9. The van der Waals surface area contributed by atoms with Gasteiger partial charge in [-0.2, -0.15) is 0 Å². The number of aryl methyl sites for hydroxylation is 1. The van der Waals surface area contributed by atoms with Crippen molar-refractivity contribution >= 4 is 31.1 Å². The van der Waals surface area contributed by atoms with Gasteiger partial charge in [-0.15, -0.1) is 11.3 Å². The monoisotopic (exact) mass is 467 g/mol. The smallest absolute Gasteiger partial charge is 0.239 e. The highest BCUT2D eigenvalue weighted by atomic mass is 32.1. The molecule has 0 saturated carbocycles. The van der Waals surface area contributed by atoms with Gasteiger partial charge < -0.3 is 15.2 Å². The number of hydrogen-bond donors (Lipinski definition) is 3. The number of carbonyl (C=O) groups is 1. The third-order valence-electron chi connectivity index (χ3n) is 6.27. The summed E-state index contributed by atoms with van der Waals surface area (Å²) >= 11 is 1.61. The summed E-state index contributed by atoms with van der Waals surface area (Å²) in [6.45, 7) is 9.92. The summed E-state index contributed by atoms with van der Waals surface area (Å²) in [7, 11) is 5.70. The maximum atomic E-state index is 13.3. The first-order valence-electron chi connectivity index (χ1n) is 11.0. The maximum Gasteiger partial charge on any atom is 0.239 e. The van der Waals surface area contributed by atoms with E-state index in [-0.39, 0.29) is 12.5 Å². The summed E-state index contributed by atoms with van der Waals surface area (Å²) in [6.07, 6.45) is -0.266. The normalized spacial score (nSPS) is 26.2. The van der Waals surface area contributed by atoms with Gasteiger partial charge in [0.05, 0.1) is 34.3 Å². The Morgan fingerprint density at radius 2 is 2.09 bits per heavy atom. The molecule has 0 aliphatic carbocycles. The minimum atomic E-state index is -0.950. The zero-order valence-corrected chi connectivity index (χ0v) is 20.4. The lowest BCUT2D eigenvalue weighted by atomic mass is 9.84. The molecule has 1 fully saturated rings. The summed E-state index contributed by atoms with van der Waals surface area (Å²) < 4.78 is 0. The van der Waals surface area contributed by atoms with Crippen LogP contribution in [0.2, 0.25) is 0 Å². The topological polar surface area (TPSA) is 99.1 Å². The number of aliphatic hydroxyl groups excluding tert-OH is 1. The minimum Gasteiger partial charge on any atom is -0.391 e. The highest BCUT2D eigenvalue weighted by Crippen LogP contribution is 2.35. The van der Waals surface area contributed by atoms with Crippen LogP contribution in [0, 0.1) is 12.3 Å². The first-order chi connectivity index (χ1) is 15.5. The van der Waals surface area contributed by atoms with Gasteiger partial charge in [0, 0.05) is 18.5 Å². The van der Waals surface area contributed by atoms with Crippen LogP contribution >= 0.6 is 11.3 Å². The Morgan fingerprint density at radius 3 is 2.67 bits per heavy atom. The Kier molecular flexibility index (Phi) is 6.39. The Bertz CT molecular complexity index is 1050. The predicted octanol–water partition coefficient (Wildman–Crippen LogP) is 2.27. The van der Waals surface area contributed by atoms with E-state index in [9.17, 15) is 9.90 Å². The molecule has 2 radical (unpaired) electrons. The average Bonchev–Trinajstić information content (AvgIpc) is 3.46. The summed E-state index contributed by atoms with van der Waals surface area (Å²) in [5, 5.41) is 13.0. The zero-order valence-electron chi connectivity index (χ0n) is 19.6. The second-order valence-corrected chi connectivity index (χ2v) is 10.7. The number of nitrogens with one attached hydrogen (secondary N) is 2. The van der Waals surface area contributed by atoms with Gasteiger partial charge in [0.2, 0.25) is 11.6 Å². The fourth-order valence-corrected chi connectivity index (χ4v) is 5.19. The summed E-state index contributed by atoms with van der Waals surface area (Å²) in [5.41, 5.74) is 6.40. The molecule has 2 aromatic rings. The van der Waals surface area contributed by atoms with Gasteiger partial charge in [-0.25, -0.2) is 20.3 Å². The van der Waals surface area contributed by atoms with Gasteiger partial charge in [-0.3, -0.25) is 4.79 Å². The van der Waals surface area contributed by atoms with Crippen molar-refractivity contribution in [1.29, 1.82) is 0 Å². The number of rotatable bonds is 5. The maximum absolute atomic E-state index is 13.3. The Morgan fingerprint density at radius 1 is 1.39 bits per heavy atom. The molecule has 0 spiro atoms. The number of carbonyl (C=O) groups excluding carboxylic acids is 1. The number of benzene rings is 1. The van der Waals surface area contributed by atoms with E-state index in [0.29, 0.717) is 12.3 Å². The van der Waals surface area contributed by atoms with E-state index >= 15 is 0 Å². The lowest BCUT2D eigenvalue weighted by Crippen LogP contribution is -2.55. The zero-order chi connectivity index (χ0) is 24.0. The fraction of sp³-hybridized carbons (Fsp3) is 0.522. The lowest BCUT2D eigenvalue weighted by Gasteiger charge is -2.35. The number of likely N-dealkylation sites (tertiary alicyclic amines) is 1. The van der Waals surface area contributed by atoms with Gasteiger partial charge in [0.25, 0.3) is 0 Å². The van der Waals surface area contributed by atoms with Gasteiger partial charge in [0.1, 0.15) is 5.84 Å². The molecule has 3 heterocycles. The van der Waals surface area contributed by atoms with Crippen molar-refractivity contribution < 1.29 is 14.7 Å². The molecule has 1 unspecified atom stereocenters. The molecular formula is C23H30BN5O3S. The van der Waals surface area contributed by atoms with Crippen molar-refractivity contribution in [1.82, 2.24) is 20.6 Å². The molecule has 174 valence electrons. The molecule has 1 aromatic carbocycles. The van der Waals surface area contributed by atoms with Gasteiger partial charge in [-0.1, -0.05) is 45.0 Å². The molecule has 2 aliphatic heterocycles. The number of aliphatic hydroxyl groups is 1. The molecule has 1 aromatic heterocycles. The molecule has 2 aliphatic rings. The highest BCUT2D eigenvalue weighted by Gasteiger charge is 2.45. The van der Waals surface area contributed by atoms with Crippen LogP contribution in [-0.4, -0.2) is 59.4 Å². The molecule has 4 atom stereocenters. The average molecular weight is 467 g/mol. The largest absolute Gasteiger partial charge is 0.391 e. The van der Waals surface area contributed by atoms with Crippen LogP contribution in [0.5, 0.6) is 0 Å². The van der Waals surface area contributed by atoms with Gasteiger partial charge in [-0.05, 0) is 24.8 Å². The van der Waals surface area contributed by atoms with Crippen molar-refractivity contribution in [2.45, 2.75) is 65.0 Å². The number of aliphatic imine (C=N–C) groups is 1. The highest BCUT2D eigenvalue weighted by molar-refractivity contribution is 7.13. The third kappa shape index (κ3) is 4.57. The number of amidine groups is 1. The SMILES string of the molecule is [B]N[C@H](C(=O)N1C[C@H](O)C[C@H]1C1=NC(C)(c2ccc(-c3scnc3C)cc2)ON1)C(C)(C)C.